The molecule has 0 saturated heterocycles. The number of pyridine rings is 2. The van der Waals surface area contributed by atoms with Crippen molar-refractivity contribution in [2.75, 3.05) is 0 Å². The van der Waals surface area contributed by atoms with Crippen LogP contribution in [-0.2, 0) is 43.9 Å². The van der Waals surface area contributed by atoms with Crippen molar-refractivity contribution in [1.29, 1.82) is 0 Å². The molecular formula is C34H38N4O2. The summed E-state index contributed by atoms with van der Waals surface area (Å²) in [5, 5.41) is 13.3. The van der Waals surface area contributed by atoms with Gasteiger partial charge in [0.05, 0.1) is 30.5 Å². The highest BCUT2D eigenvalue weighted by Gasteiger charge is 2.28. The van der Waals surface area contributed by atoms with Crippen LogP contribution < -0.4 is 5.32 Å². The number of benzene rings is 2. The molecule has 0 fully saturated rings. The molecule has 0 bridgehead atoms. The van der Waals surface area contributed by atoms with Crippen LogP contribution >= 0.6 is 0 Å². The van der Waals surface area contributed by atoms with Crippen LogP contribution in [0, 0.1) is 13.8 Å². The van der Waals surface area contributed by atoms with Crippen molar-refractivity contribution >= 4 is 5.91 Å². The van der Waals surface area contributed by atoms with E-state index in [-0.39, 0.29) is 18.6 Å². The predicted molar refractivity (Wildman–Crippen MR) is 157 cm³/mol. The topological polar surface area (TPSA) is 78.4 Å². The molecule has 2 heterocycles. The van der Waals surface area contributed by atoms with E-state index in [4.69, 9.17) is 9.97 Å². The van der Waals surface area contributed by atoms with Gasteiger partial charge in [-0.05, 0) is 78.1 Å². The molecule has 40 heavy (non-hydrogen) atoms. The largest absolute Gasteiger partial charge is 0.392 e. The van der Waals surface area contributed by atoms with Crippen molar-refractivity contribution in [3.05, 3.63) is 129 Å². The van der Waals surface area contributed by atoms with Crippen LogP contribution in [0.15, 0.2) is 79.1 Å². The van der Waals surface area contributed by atoms with Crippen LogP contribution in [0.3, 0.4) is 0 Å². The smallest absolute Gasteiger partial charge is 0.224 e. The number of aliphatic hydroxyl groups is 1. The van der Waals surface area contributed by atoms with E-state index < -0.39 is 0 Å². The number of aromatic nitrogens is 2. The summed E-state index contributed by atoms with van der Waals surface area (Å²) in [7, 11) is 0. The van der Waals surface area contributed by atoms with Crippen molar-refractivity contribution < 1.29 is 9.90 Å². The first-order chi connectivity index (χ1) is 19.5. The number of hydrogen-bond donors (Lipinski definition) is 2. The lowest BCUT2D eigenvalue weighted by molar-refractivity contribution is -0.120. The third kappa shape index (κ3) is 6.82. The lowest BCUT2D eigenvalue weighted by Crippen LogP contribution is -2.32. The van der Waals surface area contributed by atoms with Crippen LogP contribution in [0.5, 0.6) is 0 Å². The lowest BCUT2D eigenvalue weighted by Gasteiger charge is -2.35. The zero-order chi connectivity index (χ0) is 27.9. The van der Waals surface area contributed by atoms with E-state index in [2.05, 4.69) is 48.3 Å². The Morgan fingerprint density at radius 3 is 2.62 bits per heavy atom. The highest BCUT2D eigenvalue weighted by molar-refractivity contribution is 5.78. The molecule has 1 aliphatic rings. The molecule has 1 atom stereocenters. The monoisotopic (exact) mass is 534 g/mol. The highest BCUT2D eigenvalue weighted by Crippen LogP contribution is 2.35. The van der Waals surface area contributed by atoms with Gasteiger partial charge < -0.3 is 10.4 Å². The minimum atomic E-state index is -0.0592. The SMILES string of the molecule is Cc1cnc(CN(Cc2ccc(CNC(=O)Cc3ccccc3)cc2CO)C2CCCc3cccnc32)c(C)c1. The molecule has 2 aromatic heterocycles. The van der Waals surface area contributed by atoms with Crippen molar-refractivity contribution in [3.8, 4) is 0 Å². The van der Waals surface area contributed by atoms with E-state index >= 15 is 0 Å². The minimum absolute atomic E-state index is 0.0172. The van der Waals surface area contributed by atoms with E-state index in [1.54, 1.807) is 0 Å². The van der Waals surface area contributed by atoms with Crippen LogP contribution in [0.4, 0.5) is 0 Å². The average molecular weight is 535 g/mol. The van der Waals surface area contributed by atoms with Crippen LogP contribution in [0.1, 0.15) is 69.2 Å². The molecule has 2 N–H and O–H groups in total. The maximum atomic E-state index is 12.5. The molecule has 206 valence electrons. The first kappa shape index (κ1) is 27.7. The van der Waals surface area contributed by atoms with Gasteiger partial charge in [0.15, 0.2) is 0 Å². The summed E-state index contributed by atoms with van der Waals surface area (Å²) in [4.78, 5) is 24.5. The number of rotatable bonds is 10. The van der Waals surface area contributed by atoms with Gasteiger partial charge in [0.25, 0.3) is 0 Å². The summed E-state index contributed by atoms with van der Waals surface area (Å²) in [6.07, 6.45) is 7.40. The first-order valence-electron chi connectivity index (χ1n) is 14.1. The normalized spacial score (nSPS) is 14.7. The van der Waals surface area contributed by atoms with Crippen molar-refractivity contribution in [1.82, 2.24) is 20.2 Å². The van der Waals surface area contributed by atoms with Crippen LogP contribution in [-0.4, -0.2) is 25.9 Å². The summed E-state index contributed by atoms with van der Waals surface area (Å²) >= 11 is 0. The van der Waals surface area contributed by atoms with Crippen molar-refractivity contribution in [2.24, 2.45) is 0 Å². The second-order valence-electron chi connectivity index (χ2n) is 10.8. The molecule has 6 nitrogen and oxygen atoms in total. The quantitative estimate of drug-likeness (QED) is 0.280. The lowest BCUT2D eigenvalue weighted by atomic mass is 9.90. The van der Waals surface area contributed by atoms with Gasteiger partial charge in [0, 0.05) is 32.0 Å². The Morgan fingerprint density at radius 2 is 1.82 bits per heavy atom. The Labute approximate surface area is 237 Å². The Morgan fingerprint density at radius 1 is 0.975 bits per heavy atom. The van der Waals surface area contributed by atoms with Crippen molar-refractivity contribution in [3.63, 3.8) is 0 Å². The number of carbonyl (C=O) groups is 1. The summed E-state index contributed by atoms with van der Waals surface area (Å²) in [5.74, 6) is -0.0172. The van der Waals surface area contributed by atoms with E-state index in [9.17, 15) is 9.90 Å². The van der Waals surface area contributed by atoms with Crippen LogP contribution in [0.2, 0.25) is 0 Å². The van der Waals surface area contributed by atoms with Gasteiger partial charge in [-0.2, -0.15) is 0 Å². The van der Waals surface area contributed by atoms with Gasteiger partial charge in [0.1, 0.15) is 0 Å². The first-order valence-corrected chi connectivity index (χ1v) is 14.1. The van der Waals surface area contributed by atoms with Crippen LogP contribution in [0.25, 0.3) is 0 Å². The fourth-order valence-electron chi connectivity index (χ4n) is 5.67. The average Bonchev–Trinajstić information content (AvgIpc) is 2.97. The maximum Gasteiger partial charge on any atom is 0.224 e. The molecule has 2 aromatic carbocycles. The number of aliphatic hydroxyl groups excluding tert-OH is 1. The Kier molecular flexibility index (Phi) is 8.99. The van der Waals surface area contributed by atoms with Gasteiger partial charge in [-0.15, -0.1) is 0 Å². The molecule has 0 aliphatic heterocycles. The third-order valence-electron chi connectivity index (χ3n) is 7.79. The zero-order valence-electron chi connectivity index (χ0n) is 23.4. The Bertz CT molecular complexity index is 1450. The number of carbonyl (C=O) groups excluding carboxylic acids is 1. The second-order valence-corrected chi connectivity index (χ2v) is 10.8. The van der Waals surface area contributed by atoms with Gasteiger partial charge in [-0.25, -0.2) is 0 Å². The van der Waals surface area contributed by atoms with E-state index in [1.165, 1.54) is 11.1 Å². The number of fused-ring (bicyclic) bond motifs is 1. The number of aryl methyl sites for hydroxylation is 3. The molecule has 4 aromatic rings. The summed E-state index contributed by atoms with van der Waals surface area (Å²) in [6, 6.07) is 22.5. The highest BCUT2D eigenvalue weighted by atomic mass is 16.3. The fourth-order valence-corrected chi connectivity index (χ4v) is 5.67. The number of nitrogens with zero attached hydrogens (tertiary/aromatic N) is 3. The molecule has 0 spiro atoms. The molecular weight excluding hydrogens is 496 g/mol. The number of nitrogens with one attached hydrogen (secondary N) is 1. The van der Waals surface area contributed by atoms with Crippen molar-refractivity contribution in [2.45, 2.75) is 71.8 Å². The molecule has 6 heteroatoms. The summed E-state index contributed by atoms with van der Waals surface area (Å²) < 4.78 is 0. The Hall–Kier alpha value is -3.87. The molecule has 1 amide bonds. The molecule has 1 aliphatic carbocycles. The maximum absolute atomic E-state index is 12.5. The second kappa shape index (κ2) is 13.0. The van der Waals surface area contributed by atoms with Gasteiger partial charge in [-0.3, -0.25) is 19.7 Å². The summed E-state index contributed by atoms with van der Waals surface area (Å²) in [6.45, 7) is 5.94. The van der Waals surface area contributed by atoms with Gasteiger partial charge in [-0.1, -0.05) is 60.7 Å². The molecule has 5 rings (SSSR count). The van der Waals surface area contributed by atoms with E-state index in [0.29, 0.717) is 26.1 Å². The predicted octanol–water partition coefficient (Wildman–Crippen LogP) is 5.52. The molecule has 1 unspecified atom stereocenters. The van der Waals surface area contributed by atoms with Gasteiger partial charge >= 0.3 is 0 Å². The zero-order valence-corrected chi connectivity index (χ0v) is 23.4. The molecule has 0 radical (unpaired) electrons. The summed E-state index contributed by atoms with van der Waals surface area (Å²) in [5.41, 5.74) is 9.81. The van der Waals surface area contributed by atoms with E-state index in [1.807, 2.05) is 54.9 Å². The standard InChI is InChI=1S/C34H38N4O2/c1-24-16-25(2)31(36-19-24)22-38(32-12-6-10-28-11-7-15-35-34(28)32)21-29-14-13-27(17-30(29)23-39)20-37-33(40)18-26-8-4-3-5-9-26/h3-5,7-9,11,13-17,19,32,39H,6,10,12,18,20-23H2,1-2H3,(H,37,40). The fraction of sp³-hybridized carbons (Fsp3) is 0.324. The third-order valence-corrected chi connectivity index (χ3v) is 7.79. The minimum Gasteiger partial charge on any atom is -0.392 e. The Balaban J connectivity index is 1.36. The van der Waals surface area contributed by atoms with Gasteiger partial charge in [0.2, 0.25) is 5.91 Å². The molecule has 0 saturated carbocycles. The number of hydrogen-bond acceptors (Lipinski definition) is 5. The number of amides is 1. The van der Waals surface area contributed by atoms with E-state index in [0.717, 1.165) is 58.5 Å².